The summed E-state index contributed by atoms with van der Waals surface area (Å²) < 4.78 is 4.60. The number of esters is 1. The standard InChI is InChI=1S/C18H18O4/c1-22-18(21)17(20)16-13-8-7-12(9-13)15(16)14(10-19)11-5-3-2-4-6-11/h2-6,12-13,15-16H,7-9H2,1H3/t12-,13+,15-,16-/m0/s1. The van der Waals surface area contributed by atoms with Gasteiger partial charge < -0.3 is 4.74 Å². The highest BCUT2D eigenvalue weighted by Crippen LogP contribution is 2.56. The fourth-order valence-electron chi connectivity index (χ4n) is 4.26. The van der Waals surface area contributed by atoms with Gasteiger partial charge in [-0.2, -0.15) is 0 Å². The Labute approximate surface area is 129 Å². The van der Waals surface area contributed by atoms with Crippen LogP contribution in [-0.4, -0.2) is 24.8 Å². The number of ketones is 1. The third-order valence-electron chi connectivity index (χ3n) is 5.13. The Morgan fingerprint density at radius 3 is 2.32 bits per heavy atom. The number of hydrogen-bond donors (Lipinski definition) is 0. The zero-order valence-corrected chi connectivity index (χ0v) is 12.5. The van der Waals surface area contributed by atoms with Crippen LogP contribution in [0.1, 0.15) is 24.8 Å². The van der Waals surface area contributed by atoms with E-state index in [0.717, 1.165) is 24.8 Å². The van der Waals surface area contributed by atoms with Crippen LogP contribution in [0.25, 0.3) is 5.57 Å². The summed E-state index contributed by atoms with van der Waals surface area (Å²) in [5, 5.41) is 0. The Bertz CT molecular complexity index is 642. The molecule has 2 bridgehead atoms. The molecule has 0 unspecified atom stereocenters. The summed E-state index contributed by atoms with van der Waals surface area (Å²) in [5.74, 6) is 0.541. The van der Waals surface area contributed by atoms with Gasteiger partial charge in [-0.25, -0.2) is 9.59 Å². The predicted octanol–water partition coefficient (Wildman–Crippen LogP) is 2.31. The lowest BCUT2D eigenvalue weighted by Crippen LogP contribution is -2.35. The minimum Gasteiger partial charge on any atom is -0.463 e. The molecule has 0 radical (unpaired) electrons. The molecule has 0 spiro atoms. The van der Waals surface area contributed by atoms with Gasteiger partial charge >= 0.3 is 5.97 Å². The topological polar surface area (TPSA) is 60.4 Å². The largest absolute Gasteiger partial charge is 0.463 e. The van der Waals surface area contributed by atoms with Gasteiger partial charge in [-0.15, -0.1) is 0 Å². The molecule has 4 heteroatoms. The van der Waals surface area contributed by atoms with E-state index in [-0.39, 0.29) is 17.8 Å². The monoisotopic (exact) mass is 298 g/mol. The van der Waals surface area contributed by atoms with Crippen molar-refractivity contribution in [2.24, 2.45) is 23.7 Å². The number of rotatable bonds is 4. The first-order chi connectivity index (χ1) is 10.7. The van der Waals surface area contributed by atoms with Crippen LogP contribution in [0.4, 0.5) is 0 Å². The minimum absolute atomic E-state index is 0.175. The Morgan fingerprint density at radius 1 is 1.09 bits per heavy atom. The molecule has 2 aliphatic carbocycles. The molecule has 4 nitrogen and oxygen atoms in total. The van der Waals surface area contributed by atoms with Crippen molar-refractivity contribution in [1.82, 2.24) is 0 Å². The molecule has 0 saturated heterocycles. The maximum Gasteiger partial charge on any atom is 0.374 e. The van der Waals surface area contributed by atoms with Crippen molar-refractivity contribution in [2.45, 2.75) is 19.3 Å². The number of hydrogen-bond acceptors (Lipinski definition) is 4. The first kappa shape index (κ1) is 14.7. The molecule has 0 aromatic heterocycles. The van der Waals surface area contributed by atoms with Gasteiger partial charge in [-0.1, -0.05) is 30.3 Å². The lowest BCUT2D eigenvalue weighted by atomic mass is 9.72. The molecule has 2 aliphatic rings. The fraction of sp³-hybridized carbons (Fsp3) is 0.444. The fourth-order valence-corrected chi connectivity index (χ4v) is 4.26. The number of ether oxygens (including phenoxy) is 1. The van der Waals surface area contributed by atoms with E-state index in [1.54, 1.807) is 0 Å². The summed E-state index contributed by atoms with van der Waals surface area (Å²) in [6.45, 7) is 0. The smallest absolute Gasteiger partial charge is 0.374 e. The number of carbonyl (C=O) groups excluding carboxylic acids is 3. The van der Waals surface area contributed by atoms with Crippen molar-refractivity contribution in [2.75, 3.05) is 7.11 Å². The molecule has 0 amide bonds. The molecule has 0 aliphatic heterocycles. The van der Waals surface area contributed by atoms with E-state index in [9.17, 15) is 14.4 Å². The maximum atomic E-state index is 12.4. The van der Waals surface area contributed by atoms with Crippen LogP contribution >= 0.6 is 0 Å². The zero-order chi connectivity index (χ0) is 15.7. The average Bonchev–Trinajstić information content (AvgIpc) is 3.17. The minimum atomic E-state index is -0.805. The van der Waals surface area contributed by atoms with E-state index in [0.29, 0.717) is 5.57 Å². The van der Waals surface area contributed by atoms with Gasteiger partial charge in [0.05, 0.1) is 7.11 Å². The predicted molar refractivity (Wildman–Crippen MR) is 80.4 cm³/mol. The Hall–Kier alpha value is -2.19. The molecule has 114 valence electrons. The highest BCUT2D eigenvalue weighted by atomic mass is 16.5. The van der Waals surface area contributed by atoms with Crippen molar-refractivity contribution < 1.29 is 19.1 Å². The third-order valence-corrected chi connectivity index (χ3v) is 5.13. The summed E-state index contributed by atoms with van der Waals surface area (Å²) in [7, 11) is 1.22. The summed E-state index contributed by atoms with van der Waals surface area (Å²) in [6.07, 6.45) is 2.84. The van der Waals surface area contributed by atoms with E-state index in [1.807, 2.05) is 36.3 Å². The number of fused-ring (bicyclic) bond motifs is 2. The van der Waals surface area contributed by atoms with Gasteiger partial charge in [-0.3, -0.25) is 4.79 Å². The van der Waals surface area contributed by atoms with Gasteiger partial charge in [0.1, 0.15) is 5.94 Å². The second kappa shape index (κ2) is 5.90. The Kier molecular flexibility index (Phi) is 3.95. The van der Waals surface area contributed by atoms with Gasteiger partial charge in [0.25, 0.3) is 0 Å². The van der Waals surface area contributed by atoms with Crippen LogP contribution in [0.15, 0.2) is 30.3 Å². The summed E-state index contributed by atoms with van der Waals surface area (Å²) in [6, 6.07) is 9.30. The van der Waals surface area contributed by atoms with Gasteiger partial charge in [0.15, 0.2) is 0 Å². The molecule has 2 fully saturated rings. The molecule has 0 N–H and O–H groups in total. The number of allylic oxidation sites excluding steroid dienone is 1. The van der Waals surface area contributed by atoms with E-state index in [4.69, 9.17) is 0 Å². The van der Waals surface area contributed by atoms with Crippen LogP contribution in [0.2, 0.25) is 0 Å². The molecule has 1 aromatic rings. The van der Waals surface area contributed by atoms with Crippen molar-refractivity contribution in [3.63, 3.8) is 0 Å². The second-order valence-electron chi connectivity index (χ2n) is 6.12. The molecule has 1 aromatic carbocycles. The van der Waals surface area contributed by atoms with Crippen LogP contribution in [0, 0.1) is 23.7 Å². The summed E-state index contributed by atoms with van der Waals surface area (Å²) >= 11 is 0. The van der Waals surface area contributed by atoms with Crippen LogP contribution in [0.3, 0.4) is 0 Å². The van der Waals surface area contributed by atoms with E-state index in [2.05, 4.69) is 4.74 Å². The quantitative estimate of drug-likeness (QED) is 0.486. The van der Waals surface area contributed by atoms with Crippen molar-refractivity contribution >= 4 is 23.3 Å². The summed E-state index contributed by atoms with van der Waals surface area (Å²) in [5.41, 5.74) is 1.31. The zero-order valence-electron chi connectivity index (χ0n) is 12.5. The molecule has 4 atom stereocenters. The number of carbonyl (C=O) groups is 2. The molecule has 2 saturated carbocycles. The molecular formula is C18H18O4. The van der Waals surface area contributed by atoms with E-state index >= 15 is 0 Å². The van der Waals surface area contributed by atoms with E-state index < -0.39 is 17.7 Å². The highest BCUT2D eigenvalue weighted by molar-refractivity contribution is 6.35. The van der Waals surface area contributed by atoms with Crippen molar-refractivity contribution in [3.8, 4) is 0 Å². The molecule has 3 rings (SSSR count). The number of Topliss-reactive ketones (excluding diaryl/α,β-unsaturated/α-hetero) is 1. The van der Waals surface area contributed by atoms with Gasteiger partial charge in [0, 0.05) is 17.4 Å². The average molecular weight is 298 g/mol. The van der Waals surface area contributed by atoms with Gasteiger partial charge in [-0.05, 0) is 36.7 Å². The van der Waals surface area contributed by atoms with Crippen molar-refractivity contribution in [3.05, 3.63) is 35.9 Å². The SMILES string of the molecule is COC(=O)C(=O)[C@H]1[C@@H]2CC[C@@H](C2)[C@H]1C(=C=O)c1ccccc1. The van der Waals surface area contributed by atoms with Crippen LogP contribution in [-0.2, 0) is 19.1 Å². The number of benzene rings is 1. The van der Waals surface area contributed by atoms with E-state index in [1.165, 1.54) is 7.11 Å². The van der Waals surface area contributed by atoms with Gasteiger partial charge in [0.2, 0.25) is 5.78 Å². The second-order valence-corrected chi connectivity index (χ2v) is 6.12. The number of methoxy groups -OCH3 is 1. The van der Waals surface area contributed by atoms with Crippen LogP contribution < -0.4 is 0 Å². The first-order valence-electron chi connectivity index (χ1n) is 7.60. The maximum absolute atomic E-state index is 12.4. The van der Waals surface area contributed by atoms with Crippen molar-refractivity contribution in [1.29, 1.82) is 0 Å². The Morgan fingerprint density at radius 2 is 1.73 bits per heavy atom. The first-order valence-corrected chi connectivity index (χ1v) is 7.60. The lowest BCUT2D eigenvalue weighted by molar-refractivity contribution is -0.154. The molecule has 0 heterocycles. The normalized spacial score (nSPS) is 29.0. The Balaban J connectivity index is 1.98. The summed E-state index contributed by atoms with van der Waals surface area (Å²) in [4.78, 5) is 35.7. The lowest BCUT2D eigenvalue weighted by Gasteiger charge is -2.29. The highest BCUT2D eigenvalue weighted by Gasteiger charge is 2.54. The molecule has 22 heavy (non-hydrogen) atoms. The third kappa shape index (κ3) is 2.30. The van der Waals surface area contributed by atoms with Crippen LogP contribution in [0.5, 0.6) is 0 Å². The molecular weight excluding hydrogens is 280 g/mol.